The van der Waals surface area contributed by atoms with Gasteiger partial charge in [0.15, 0.2) is 0 Å². The van der Waals surface area contributed by atoms with Crippen molar-refractivity contribution in [3.8, 4) is 0 Å². The number of hydrogen-bond donors (Lipinski definition) is 0. The molecule has 3 heterocycles. The van der Waals surface area contributed by atoms with Crippen LogP contribution in [0.15, 0.2) is 36.9 Å². The second kappa shape index (κ2) is 5.81. The molecule has 5 nitrogen and oxygen atoms in total. The van der Waals surface area contributed by atoms with E-state index in [4.69, 9.17) is 11.6 Å². The van der Waals surface area contributed by atoms with Crippen LogP contribution in [-0.4, -0.2) is 32.6 Å². The quantitative estimate of drug-likeness (QED) is 0.738. The maximum absolute atomic E-state index is 6.13. The molecule has 0 radical (unpaired) electrons. The van der Waals surface area contributed by atoms with Crippen LogP contribution < -0.4 is 4.90 Å². The lowest BCUT2D eigenvalue weighted by Gasteiger charge is -2.40. The Labute approximate surface area is 139 Å². The van der Waals surface area contributed by atoms with E-state index in [1.165, 1.54) is 0 Å². The van der Waals surface area contributed by atoms with Crippen molar-refractivity contribution in [2.24, 2.45) is 5.92 Å². The summed E-state index contributed by atoms with van der Waals surface area (Å²) in [6.07, 6.45) is 6.55. The predicted octanol–water partition coefficient (Wildman–Crippen LogP) is 3.18. The van der Waals surface area contributed by atoms with E-state index < -0.39 is 0 Å². The molecule has 1 aromatic carbocycles. The minimum atomic E-state index is 0.624. The van der Waals surface area contributed by atoms with Crippen LogP contribution in [-0.2, 0) is 13.0 Å². The van der Waals surface area contributed by atoms with E-state index >= 15 is 0 Å². The molecule has 1 aliphatic rings. The van der Waals surface area contributed by atoms with E-state index in [-0.39, 0.29) is 0 Å². The molecule has 4 rings (SSSR count). The highest BCUT2D eigenvalue weighted by atomic mass is 35.5. The molecule has 2 aromatic heterocycles. The van der Waals surface area contributed by atoms with Gasteiger partial charge in [-0.05, 0) is 18.2 Å². The Morgan fingerprint density at radius 2 is 2.09 bits per heavy atom. The molecular weight excluding hydrogens is 310 g/mol. The van der Waals surface area contributed by atoms with Crippen LogP contribution in [0.4, 0.5) is 5.82 Å². The Kier molecular flexibility index (Phi) is 3.65. The summed E-state index contributed by atoms with van der Waals surface area (Å²) in [5.41, 5.74) is 0.936. The van der Waals surface area contributed by atoms with Crippen molar-refractivity contribution < 1.29 is 0 Å². The van der Waals surface area contributed by atoms with Gasteiger partial charge in [0.2, 0.25) is 0 Å². The largest absolute Gasteiger partial charge is 0.355 e. The molecule has 0 atom stereocenters. The number of rotatable bonds is 4. The SMILES string of the molecule is CCc1nccn1CC1CN(c2ncnc3ccc(Cl)cc23)C1. The van der Waals surface area contributed by atoms with Crippen molar-refractivity contribution in [2.45, 2.75) is 19.9 Å². The van der Waals surface area contributed by atoms with Crippen molar-refractivity contribution in [3.63, 3.8) is 0 Å². The summed E-state index contributed by atoms with van der Waals surface area (Å²) in [7, 11) is 0. The third-order valence-corrected chi connectivity index (χ3v) is 4.64. The summed E-state index contributed by atoms with van der Waals surface area (Å²) < 4.78 is 2.26. The van der Waals surface area contributed by atoms with Gasteiger partial charge in [-0.3, -0.25) is 0 Å². The first-order chi connectivity index (χ1) is 11.2. The lowest BCUT2D eigenvalue weighted by Crippen LogP contribution is -2.49. The fraction of sp³-hybridized carbons (Fsp3) is 0.353. The Morgan fingerprint density at radius 3 is 2.91 bits per heavy atom. The number of aromatic nitrogens is 4. The van der Waals surface area contributed by atoms with Crippen molar-refractivity contribution >= 4 is 28.3 Å². The monoisotopic (exact) mass is 327 g/mol. The molecule has 0 bridgehead atoms. The first-order valence-corrected chi connectivity index (χ1v) is 8.27. The van der Waals surface area contributed by atoms with Crippen molar-refractivity contribution in [1.82, 2.24) is 19.5 Å². The number of aryl methyl sites for hydroxylation is 1. The van der Waals surface area contributed by atoms with Gasteiger partial charge in [-0.25, -0.2) is 15.0 Å². The number of benzene rings is 1. The maximum atomic E-state index is 6.13. The van der Waals surface area contributed by atoms with Gasteiger partial charge in [0, 0.05) is 54.8 Å². The molecule has 0 amide bonds. The highest BCUT2D eigenvalue weighted by Crippen LogP contribution is 2.31. The van der Waals surface area contributed by atoms with Crippen molar-refractivity contribution in [2.75, 3.05) is 18.0 Å². The summed E-state index contributed by atoms with van der Waals surface area (Å²) in [5.74, 6) is 2.76. The second-order valence-electron chi connectivity index (χ2n) is 5.98. The van der Waals surface area contributed by atoms with Crippen LogP contribution in [0, 0.1) is 5.92 Å². The minimum Gasteiger partial charge on any atom is -0.355 e. The summed E-state index contributed by atoms with van der Waals surface area (Å²) >= 11 is 6.13. The summed E-state index contributed by atoms with van der Waals surface area (Å²) in [5, 5.41) is 1.74. The lowest BCUT2D eigenvalue weighted by atomic mass is 9.99. The van der Waals surface area contributed by atoms with Crippen LogP contribution >= 0.6 is 11.6 Å². The van der Waals surface area contributed by atoms with E-state index in [1.807, 2.05) is 24.4 Å². The average molecular weight is 328 g/mol. The van der Waals surface area contributed by atoms with Crippen LogP contribution in [0.25, 0.3) is 10.9 Å². The average Bonchev–Trinajstić information content (AvgIpc) is 2.97. The Balaban J connectivity index is 1.51. The van der Waals surface area contributed by atoms with Crippen LogP contribution in [0.3, 0.4) is 0 Å². The molecule has 23 heavy (non-hydrogen) atoms. The van der Waals surface area contributed by atoms with Crippen LogP contribution in [0.5, 0.6) is 0 Å². The van der Waals surface area contributed by atoms with E-state index in [1.54, 1.807) is 6.33 Å². The van der Waals surface area contributed by atoms with E-state index in [2.05, 4.69) is 37.5 Å². The van der Waals surface area contributed by atoms with Crippen molar-refractivity contribution in [3.05, 3.63) is 47.8 Å². The van der Waals surface area contributed by atoms with E-state index in [0.29, 0.717) is 5.92 Å². The fourth-order valence-electron chi connectivity index (χ4n) is 3.22. The number of nitrogens with zero attached hydrogens (tertiary/aromatic N) is 5. The molecular formula is C17H18ClN5. The van der Waals surface area contributed by atoms with Crippen molar-refractivity contribution in [1.29, 1.82) is 0 Å². The Morgan fingerprint density at radius 1 is 1.22 bits per heavy atom. The summed E-state index contributed by atoms with van der Waals surface area (Å²) in [6, 6.07) is 5.76. The Hall–Kier alpha value is -2.14. The topological polar surface area (TPSA) is 46.8 Å². The predicted molar refractivity (Wildman–Crippen MR) is 91.9 cm³/mol. The van der Waals surface area contributed by atoms with Gasteiger partial charge < -0.3 is 9.47 Å². The smallest absolute Gasteiger partial charge is 0.139 e. The maximum Gasteiger partial charge on any atom is 0.139 e. The lowest BCUT2D eigenvalue weighted by molar-refractivity contribution is 0.351. The first kappa shape index (κ1) is 14.5. The van der Waals surface area contributed by atoms with E-state index in [9.17, 15) is 0 Å². The summed E-state index contributed by atoms with van der Waals surface area (Å²) in [6.45, 7) is 5.16. The van der Waals surface area contributed by atoms with Crippen LogP contribution in [0.1, 0.15) is 12.7 Å². The van der Waals surface area contributed by atoms with Gasteiger partial charge >= 0.3 is 0 Å². The Bertz CT molecular complexity index is 838. The standard InChI is InChI=1S/C17H18ClN5/c1-2-16-19-5-6-22(16)8-12-9-23(10-12)17-14-7-13(18)3-4-15(14)20-11-21-17/h3-7,11-12H,2,8-10H2,1H3. The minimum absolute atomic E-state index is 0.624. The number of fused-ring (bicyclic) bond motifs is 1. The summed E-state index contributed by atoms with van der Waals surface area (Å²) in [4.78, 5) is 15.5. The number of hydrogen-bond acceptors (Lipinski definition) is 4. The molecule has 0 spiro atoms. The highest BCUT2D eigenvalue weighted by molar-refractivity contribution is 6.31. The normalized spacial score (nSPS) is 15.1. The molecule has 6 heteroatoms. The van der Waals surface area contributed by atoms with Gasteiger partial charge in [0.25, 0.3) is 0 Å². The third kappa shape index (κ3) is 2.65. The van der Waals surface area contributed by atoms with Gasteiger partial charge in [-0.2, -0.15) is 0 Å². The molecule has 3 aromatic rings. The third-order valence-electron chi connectivity index (χ3n) is 4.41. The van der Waals surface area contributed by atoms with Gasteiger partial charge in [0.1, 0.15) is 18.0 Å². The zero-order valence-electron chi connectivity index (χ0n) is 13.0. The fourth-order valence-corrected chi connectivity index (χ4v) is 3.40. The van der Waals surface area contributed by atoms with E-state index in [0.717, 1.165) is 53.6 Å². The first-order valence-electron chi connectivity index (χ1n) is 7.90. The molecule has 0 unspecified atom stereocenters. The number of imidazole rings is 1. The number of halogens is 1. The molecule has 118 valence electrons. The van der Waals surface area contributed by atoms with Crippen LogP contribution in [0.2, 0.25) is 5.02 Å². The molecule has 1 fully saturated rings. The van der Waals surface area contributed by atoms with Gasteiger partial charge in [0.05, 0.1) is 5.52 Å². The van der Waals surface area contributed by atoms with Gasteiger partial charge in [-0.15, -0.1) is 0 Å². The highest BCUT2D eigenvalue weighted by Gasteiger charge is 2.29. The zero-order valence-corrected chi connectivity index (χ0v) is 13.7. The molecule has 1 saturated heterocycles. The molecule has 0 saturated carbocycles. The van der Waals surface area contributed by atoms with Gasteiger partial charge in [-0.1, -0.05) is 18.5 Å². The number of anilines is 1. The molecule has 1 aliphatic heterocycles. The zero-order chi connectivity index (χ0) is 15.8. The molecule has 0 N–H and O–H groups in total. The second-order valence-corrected chi connectivity index (χ2v) is 6.42. The molecule has 0 aliphatic carbocycles.